The number of amides is 1. The number of nitrogens with two attached hydrogens (primary N) is 1. The molecule has 0 aliphatic carbocycles. The van der Waals surface area contributed by atoms with E-state index < -0.39 is 42.5 Å². The molecule has 0 saturated carbocycles. The number of aliphatic hydroxyl groups excluding tert-OH is 2. The Morgan fingerprint density at radius 3 is 2.83 bits per heavy atom. The quantitative estimate of drug-likeness (QED) is 0.342. The molecular weight excluding hydrogens is 402 g/mol. The van der Waals surface area contributed by atoms with E-state index in [0.29, 0.717) is 28.4 Å². The van der Waals surface area contributed by atoms with Crippen molar-refractivity contribution in [2.45, 2.75) is 43.9 Å². The van der Waals surface area contributed by atoms with Gasteiger partial charge >= 0.3 is 5.97 Å². The number of rotatable bonds is 8. The predicted octanol–water partition coefficient (Wildman–Crippen LogP) is -0.655. The first kappa shape index (κ1) is 21.3. The molecule has 3 heterocycles. The summed E-state index contributed by atoms with van der Waals surface area (Å²) in [5.74, 6) is -0.431. The summed E-state index contributed by atoms with van der Waals surface area (Å²) in [4.78, 5) is 30.3. The smallest absolute Gasteiger partial charge is 0.326 e. The second kappa shape index (κ2) is 8.95. The van der Waals surface area contributed by atoms with Gasteiger partial charge in [0.1, 0.15) is 36.0 Å². The van der Waals surface area contributed by atoms with Gasteiger partial charge in [-0.25, -0.2) is 14.8 Å². The molecule has 5 atom stereocenters. The normalized spacial score (nSPS) is 25.2. The molecule has 1 unspecified atom stereocenters. The lowest BCUT2D eigenvalue weighted by atomic mass is 10.1. The number of fused-ring (bicyclic) bond motifs is 1. The van der Waals surface area contributed by atoms with Gasteiger partial charge in [0, 0.05) is 18.9 Å². The number of carboxylic acids is 1. The number of carboxylic acid groups (broad SMARTS) is 1. The van der Waals surface area contributed by atoms with E-state index in [9.17, 15) is 19.8 Å². The van der Waals surface area contributed by atoms with Crippen LogP contribution in [0.3, 0.4) is 0 Å². The molecule has 12 heteroatoms. The molecule has 1 fully saturated rings. The number of nitrogens with one attached hydrogen (secondary N) is 1. The highest BCUT2D eigenvalue weighted by Gasteiger charge is 2.43. The summed E-state index contributed by atoms with van der Waals surface area (Å²) in [6, 6.07) is 0.743. The molecule has 0 spiro atoms. The lowest BCUT2D eigenvalue weighted by Gasteiger charge is -2.17. The highest BCUT2D eigenvalue weighted by molar-refractivity contribution is 7.99. The zero-order valence-electron chi connectivity index (χ0n) is 15.6. The van der Waals surface area contributed by atoms with Crippen LogP contribution in [0, 0.1) is 0 Å². The molecule has 0 aromatic carbocycles. The third-order valence-corrected chi connectivity index (χ3v) is 5.75. The van der Waals surface area contributed by atoms with Crippen LogP contribution < -0.4 is 11.1 Å². The number of nitrogen functional groups attached to an aromatic ring is 1. The van der Waals surface area contributed by atoms with E-state index in [2.05, 4.69) is 15.3 Å². The molecular formula is C17H23N5O6S. The average Bonchev–Trinajstić information content (AvgIpc) is 3.21. The molecule has 1 aliphatic heterocycles. The second-order valence-electron chi connectivity index (χ2n) is 6.72. The molecule has 11 nitrogen and oxygen atoms in total. The number of nitrogens with zero attached hydrogens (tertiary/aromatic N) is 3. The standard InChI is InChI=1S/C17H23N5O6S/c1-8(23)21-10(17(26)27)3-5-29-6-11-12(24)13(25)16(28-11)22-4-2-9-14(18)19-7-20-15(9)22/h2,4,7,10-13,16,24-25H,3,5-6H2,1H3,(H,21,23)(H,26,27)(H2,18,19,20)/t10?,11-,12-,13-,16-/m1/s1. The molecule has 1 amide bonds. The Bertz CT molecular complexity index is 892. The molecule has 0 radical (unpaired) electrons. The second-order valence-corrected chi connectivity index (χ2v) is 7.87. The molecule has 158 valence electrons. The van der Waals surface area contributed by atoms with Gasteiger partial charge in [0.2, 0.25) is 5.91 Å². The number of hydrogen-bond donors (Lipinski definition) is 5. The van der Waals surface area contributed by atoms with Gasteiger partial charge in [-0.3, -0.25) is 4.79 Å². The summed E-state index contributed by atoms with van der Waals surface area (Å²) in [6.45, 7) is 1.26. The Kier molecular flexibility index (Phi) is 6.57. The van der Waals surface area contributed by atoms with E-state index in [4.69, 9.17) is 15.6 Å². The van der Waals surface area contributed by atoms with Gasteiger partial charge in [-0.1, -0.05) is 0 Å². The van der Waals surface area contributed by atoms with Crippen molar-refractivity contribution in [1.82, 2.24) is 19.9 Å². The minimum Gasteiger partial charge on any atom is -0.480 e. The number of hydrogen-bond acceptors (Lipinski definition) is 9. The van der Waals surface area contributed by atoms with Crippen molar-refractivity contribution in [2.24, 2.45) is 0 Å². The Hall–Kier alpha value is -2.41. The molecule has 0 bridgehead atoms. The monoisotopic (exact) mass is 425 g/mol. The fourth-order valence-corrected chi connectivity index (χ4v) is 4.27. The number of aliphatic hydroxyl groups is 2. The van der Waals surface area contributed by atoms with Gasteiger partial charge in [-0.15, -0.1) is 0 Å². The third-order valence-electron chi connectivity index (χ3n) is 4.66. The van der Waals surface area contributed by atoms with Crippen LogP contribution in [-0.4, -0.2) is 77.6 Å². The van der Waals surface area contributed by atoms with Gasteiger partial charge in [-0.2, -0.15) is 11.8 Å². The van der Waals surface area contributed by atoms with E-state index in [0.717, 1.165) is 0 Å². The third kappa shape index (κ3) is 4.61. The molecule has 2 aromatic heterocycles. The average molecular weight is 425 g/mol. The zero-order valence-corrected chi connectivity index (χ0v) is 16.5. The molecule has 6 N–H and O–H groups in total. The number of ether oxygens (including phenoxy) is 1. The van der Waals surface area contributed by atoms with Crippen molar-refractivity contribution in [3.63, 3.8) is 0 Å². The molecule has 1 saturated heterocycles. The van der Waals surface area contributed by atoms with Gasteiger partial charge < -0.3 is 35.7 Å². The predicted molar refractivity (Wildman–Crippen MR) is 105 cm³/mol. The van der Waals surface area contributed by atoms with Crippen LogP contribution in [0.5, 0.6) is 0 Å². The minimum atomic E-state index is -1.17. The molecule has 2 aromatic rings. The Labute approximate surface area is 170 Å². The SMILES string of the molecule is CC(=O)NC(CCSC[C@H]1O[C@@H](n2ccc3c(N)ncnc32)[C@H](O)[C@@H]1O)C(=O)O. The van der Waals surface area contributed by atoms with Gasteiger partial charge in [0.15, 0.2) is 6.23 Å². The van der Waals surface area contributed by atoms with Crippen molar-refractivity contribution in [2.75, 3.05) is 17.2 Å². The summed E-state index contributed by atoms with van der Waals surface area (Å²) < 4.78 is 7.45. The van der Waals surface area contributed by atoms with Crippen LogP contribution in [0.4, 0.5) is 5.82 Å². The van der Waals surface area contributed by atoms with E-state index >= 15 is 0 Å². The molecule has 1 aliphatic rings. The van der Waals surface area contributed by atoms with E-state index in [-0.39, 0.29) is 6.42 Å². The van der Waals surface area contributed by atoms with Gasteiger partial charge in [-0.05, 0) is 18.2 Å². The fraction of sp³-hybridized carbons (Fsp3) is 0.529. The van der Waals surface area contributed by atoms with Crippen LogP contribution >= 0.6 is 11.8 Å². The lowest BCUT2D eigenvalue weighted by molar-refractivity contribution is -0.141. The van der Waals surface area contributed by atoms with Crippen LogP contribution in [-0.2, 0) is 14.3 Å². The topological polar surface area (TPSA) is 173 Å². The van der Waals surface area contributed by atoms with Crippen LogP contribution in [0.25, 0.3) is 11.0 Å². The zero-order chi connectivity index (χ0) is 21.1. The van der Waals surface area contributed by atoms with E-state index in [1.54, 1.807) is 16.8 Å². The van der Waals surface area contributed by atoms with E-state index in [1.165, 1.54) is 25.0 Å². The summed E-state index contributed by atoms with van der Waals surface area (Å²) >= 11 is 1.37. The van der Waals surface area contributed by atoms with E-state index in [1.807, 2.05) is 0 Å². The highest BCUT2D eigenvalue weighted by Crippen LogP contribution is 2.34. The first-order valence-electron chi connectivity index (χ1n) is 8.96. The van der Waals surface area contributed by atoms with Crippen molar-refractivity contribution in [3.05, 3.63) is 18.6 Å². The van der Waals surface area contributed by atoms with Crippen molar-refractivity contribution < 1.29 is 29.6 Å². The molecule has 3 rings (SSSR count). The largest absolute Gasteiger partial charge is 0.480 e. The van der Waals surface area contributed by atoms with Crippen LogP contribution in [0.15, 0.2) is 18.6 Å². The number of carbonyl (C=O) groups excluding carboxylic acids is 1. The summed E-state index contributed by atoms with van der Waals surface area (Å²) in [5.41, 5.74) is 6.31. The highest BCUT2D eigenvalue weighted by atomic mass is 32.2. The fourth-order valence-electron chi connectivity index (χ4n) is 3.20. The summed E-state index contributed by atoms with van der Waals surface area (Å²) in [6.07, 6.45) is -0.570. The minimum absolute atomic E-state index is 0.229. The number of anilines is 1. The van der Waals surface area contributed by atoms with Crippen LogP contribution in [0.2, 0.25) is 0 Å². The van der Waals surface area contributed by atoms with Gasteiger partial charge in [0.25, 0.3) is 0 Å². The Morgan fingerprint density at radius 2 is 2.14 bits per heavy atom. The Morgan fingerprint density at radius 1 is 1.38 bits per heavy atom. The maximum atomic E-state index is 11.1. The number of aliphatic carboxylic acids is 1. The first-order chi connectivity index (χ1) is 13.8. The number of carbonyl (C=O) groups is 2. The summed E-state index contributed by atoms with van der Waals surface area (Å²) in [7, 11) is 0. The van der Waals surface area contributed by atoms with Crippen LogP contribution in [0.1, 0.15) is 19.6 Å². The number of thioether (sulfide) groups is 1. The Balaban J connectivity index is 1.59. The van der Waals surface area contributed by atoms with Crippen molar-refractivity contribution in [3.8, 4) is 0 Å². The lowest BCUT2D eigenvalue weighted by Crippen LogP contribution is -2.40. The first-order valence-corrected chi connectivity index (χ1v) is 10.1. The number of aromatic nitrogens is 3. The summed E-state index contributed by atoms with van der Waals surface area (Å²) in [5, 5.41) is 32.9. The van der Waals surface area contributed by atoms with Crippen molar-refractivity contribution in [1.29, 1.82) is 0 Å². The molecule has 29 heavy (non-hydrogen) atoms. The van der Waals surface area contributed by atoms with Crippen molar-refractivity contribution >= 4 is 40.5 Å². The maximum Gasteiger partial charge on any atom is 0.326 e. The maximum absolute atomic E-state index is 11.1. The van der Waals surface area contributed by atoms with Gasteiger partial charge in [0.05, 0.1) is 11.5 Å².